The van der Waals surface area contributed by atoms with Gasteiger partial charge in [0.05, 0.1) is 0 Å². The summed E-state index contributed by atoms with van der Waals surface area (Å²) in [5.41, 5.74) is 0.224. The van der Waals surface area contributed by atoms with Crippen LogP contribution < -0.4 is 16.7 Å². The van der Waals surface area contributed by atoms with Gasteiger partial charge in [-0.3, -0.25) is 14.5 Å². The second-order valence-electron chi connectivity index (χ2n) is 1.24. The minimum absolute atomic E-state index is 0.574. The van der Waals surface area contributed by atoms with Gasteiger partial charge >= 0.3 is 11.3 Å². The molecule has 0 amide bonds. The van der Waals surface area contributed by atoms with Gasteiger partial charge in [0.15, 0.2) is 0 Å². The summed E-state index contributed by atoms with van der Waals surface area (Å²) in [6.45, 7) is 0. The highest BCUT2D eigenvalue weighted by molar-refractivity contribution is 4.57. The molecule has 1 N–H and O–H groups in total. The topological polar surface area (TPSA) is 77.4 Å². The highest BCUT2D eigenvalue weighted by atomic mass is 16.8. The molecule has 1 aromatic heterocycles. The average Bonchev–Trinajstić information content (AvgIpc) is 2.13. The summed E-state index contributed by atoms with van der Waals surface area (Å²) >= 11 is 0. The van der Waals surface area contributed by atoms with Crippen molar-refractivity contribution in [1.82, 2.24) is 5.02 Å². The van der Waals surface area contributed by atoms with Crippen molar-refractivity contribution in [3.63, 3.8) is 0 Å². The third-order valence-electron chi connectivity index (χ3n) is 0.681. The van der Waals surface area contributed by atoms with E-state index in [1.807, 2.05) is 0 Å². The van der Waals surface area contributed by atoms with Crippen LogP contribution >= 0.6 is 0 Å². The second-order valence-corrected chi connectivity index (χ2v) is 1.24. The van der Waals surface area contributed by atoms with Gasteiger partial charge in [0.1, 0.15) is 0 Å². The van der Waals surface area contributed by atoms with Crippen LogP contribution in [0.15, 0.2) is 18.6 Å². The fraction of sp³-hybridized carbons (Fsp3) is 0.333. The molecule has 0 unspecified atom stereocenters. The third-order valence-corrected chi connectivity index (χ3v) is 0.681. The lowest BCUT2D eigenvalue weighted by Crippen LogP contribution is -2.14. The van der Waals surface area contributed by atoms with Gasteiger partial charge in [-0.2, -0.15) is 0 Å². The first-order chi connectivity index (χ1) is 4.24. The summed E-state index contributed by atoms with van der Waals surface area (Å²) in [6.07, 6.45) is 0. The van der Waals surface area contributed by atoms with Gasteiger partial charge in [-0.15, -0.1) is 0 Å². The van der Waals surface area contributed by atoms with E-state index in [-0.39, 0.29) is 0 Å². The molecule has 50 valence electrons. The average molecular weight is 132 g/mol. The largest absolute Gasteiger partial charge is 0.448 e. The van der Waals surface area contributed by atoms with E-state index >= 15 is 0 Å². The van der Waals surface area contributed by atoms with Crippen molar-refractivity contribution < 1.29 is 9.05 Å². The van der Waals surface area contributed by atoms with Gasteiger partial charge in [0.2, 0.25) is 0 Å². The Morgan fingerprint density at radius 3 is 2.00 bits per heavy atom. The summed E-state index contributed by atoms with van der Waals surface area (Å²) in [4.78, 5) is 20.3. The number of aromatic nitrogens is 1. The standard InChI is InChI=1S/C3H4N2O4/c1-4-5-8-2(6)3(7)9-5/h4H,1H3. The molecular formula is C3H4N2O4. The van der Waals surface area contributed by atoms with Crippen LogP contribution in [0.4, 0.5) is 0 Å². The first-order valence-corrected chi connectivity index (χ1v) is 2.16. The summed E-state index contributed by atoms with van der Waals surface area (Å²) in [6, 6.07) is 0. The summed E-state index contributed by atoms with van der Waals surface area (Å²) < 4.78 is 8.27. The van der Waals surface area contributed by atoms with Crippen molar-refractivity contribution in [3.05, 3.63) is 20.8 Å². The molecule has 1 heterocycles. The van der Waals surface area contributed by atoms with Gasteiger partial charge in [-0.05, 0) is 0 Å². The van der Waals surface area contributed by atoms with Gasteiger partial charge in [0, 0.05) is 12.1 Å². The van der Waals surface area contributed by atoms with E-state index in [0.717, 1.165) is 0 Å². The predicted molar refractivity (Wildman–Crippen MR) is 26.8 cm³/mol. The van der Waals surface area contributed by atoms with Crippen LogP contribution in [0.2, 0.25) is 0 Å². The fourth-order valence-electron chi connectivity index (χ4n) is 0.335. The minimum atomic E-state index is -1.02. The molecular weight excluding hydrogens is 128 g/mol. The van der Waals surface area contributed by atoms with Crippen LogP contribution in [0.3, 0.4) is 0 Å². The number of nitrogens with zero attached hydrogens (tertiary/aromatic N) is 1. The van der Waals surface area contributed by atoms with E-state index in [1.165, 1.54) is 7.05 Å². The van der Waals surface area contributed by atoms with Crippen LogP contribution in [0.1, 0.15) is 0 Å². The number of hydrogen-bond donors (Lipinski definition) is 1. The molecule has 0 saturated heterocycles. The Hall–Kier alpha value is -1.46. The molecule has 0 saturated carbocycles. The maximum Gasteiger partial charge on any atom is 0.448 e. The molecule has 6 heteroatoms. The minimum Gasteiger partial charge on any atom is -0.279 e. The first-order valence-electron chi connectivity index (χ1n) is 2.16. The zero-order valence-electron chi connectivity index (χ0n) is 4.58. The van der Waals surface area contributed by atoms with Crippen molar-refractivity contribution in [2.24, 2.45) is 0 Å². The molecule has 9 heavy (non-hydrogen) atoms. The molecule has 0 aliphatic carbocycles. The molecule has 0 aliphatic rings. The molecule has 0 spiro atoms. The lowest BCUT2D eigenvalue weighted by atomic mass is 11.0. The Labute approximate surface area is 48.6 Å². The number of rotatable bonds is 1. The Morgan fingerprint density at radius 1 is 1.33 bits per heavy atom. The van der Waals surface area contributed by atoms with E-state index in [4.69, 9.17) is 0 Å². The maximum atomic E-state index is 10.2. The van der Waals surface area contributed by atoms with Crippen molar-refractivity contribution in [3.8, 4) is 0 Å². The highest BCUT2D eigenvalue weighted by Gasteiger charge is 2.00. The van der Waals surface area contributed by atoms with Crippen molar-refractivity contribution in [1.29, 1.82) is 0 Å². The normalized spacial score (nSPS) is 9.44. The summed E-state index contributed by atoms with van der Waals surface area (Å²) in [5.74, 6) is 0. The SMILES string of the molecule is CNn1oc(=O)c(=O)o1. The Morgan fingerprint density at radius 2 is 1.78 bits per heavy atom. The quantitative estimate of drug-likeness (QED) is 0.474. The van der Waals surface area contributed by atoms with E-state index in [9.17, 15) is 9.59 Å². The van der Waals surface area contributed by atoms with E-state index in [2.05, 4.69) is 14.5 Å². The van der Waals surface area contributed by atoms with Gasteiger partial charge in [0.25, 0.3) is 0 Å². The predicted octanol–water partition coefficient (Wildman–Crippen LogP) is -1.43. The van der Waals surface area contributed by atoms with Crippen LogP contribution in [-0.2, 0) is 0 Å². The third kappa shape index (κ3) is 0.857. The Balaban J connectivity index is 3.29. The highest BCUT2D eigenvalue weighted by Crippen LogP contribution is 1.65. The lowest BCUT2D eigenvalue weighted by molar-refractivity contribution is 0.112. The molecule has 0 fully saturated rings. The Bertz CT molecular complexity index is 264. The Kier molecular flexibility index (Phi) is 1.14. The van der Waals surface area contributed by atoms with Gasteiger partial charge in [-0.1, -0.05) is 0 Å². The van der Waals surface area contributed by atoms with Crippen LogP contribution in [0.25, 0.3) is 0 Å². The molecule has 0 atom stereocenters. The molecule has 6 nitrogen and oxygen atoms in total. The summed E-state index contributed by atoms with van der Waals surface area (Å²) in [5, 5.41) is 0.574. The van der Waals surface area contributed by atoms with Crippen molar-refractivity contribution >= 4 is 0 Å². The molecule has 1 rings (SSSR count). The number of nitrogens with one attached hydrogen (secondary N) is 1. The van der Waals surface area contributed by atoms with E-state index in [0.29, 0.717) is 5.02 Å². The number of hydrogen-bond acceptors (Lipinski definition) is 5. The van der Waals surface area contributed by atoms with Gasteiger partial charge in [-0.25, -0.2) is 9.59 Å². The maximum absolute atomic E-state index is 10.2. The van der Waals surface area contributed by atoms with E-state index in [1.54, 1.807) is 0 Å². The molecule has 1 aromatic rings. The van der Waals surface area contributed by atoms with Gasteiger partial charge < -0.3 is 0 Å². The second kappa shape index (κ2) is 1.81. The van der Waals surface area contributed by atoms with Crippen molar-refractivity contribution in [2.45, 2.75) is 0 Å². The van der Waals surface area contributed by atoms with Crippen LogP contribution in [0, 0.1) is 0 Å². The van der Waals surface area contributed by atoms with E-state index < -0.39 is 11.3 Å². The molecule has 0 bridgehead atoms. The van der Waals surface area contributed by atoms with Crippen molar-refractivity contribution in [2.75, 3.05) is 12.5 Å². The molecule has 0 aromatic carbocycles. The molecule has 0 radical (unpaired) electrons. The first kappa shape index (κ1) is 5.67. The molecule has 0 aliphatic heterocycles. The fourth-order valence-corrected chi connectivity index (χ4v) is 0.335. The zero-order valence-corrected chi connectivity index (χ0v) is 4.58. The van der Waals surface area contributed by atoms with Crippen LogP contribution in [-0.4, -0.2) is 12.1 Å². The lowest BCUT2D eigenvalue weighted by Gasteiger charge is -1.87. The summed E-state index contributed by atoms with van der Waals surface area (Å²) in [7, 11) is 1.44. The monoisotopic (exact) mass is 132 g/mol. The van der Waals surface area contributed by atoms with Crippen LogP contribution in [0.5, 0.6) is 0 Å². The smallest absolute Gasteiger partial charge is 0.279 e. The zero-order chi connectivity index (χ0) is 6.85.